The highest BCUT2D eigenvalue weighted by molar-refractivity contribution is 7.89. The molecule has 0 aliphatic carbocycles. The van der Waals surface area contributed by atoms with Gasteiger partial charge in [-0.05, 0) is 38.1 Å². The van der Waals surface area contributed by atoms with Crippen LogP contribution in [0.25, 0.3) is 0 Å². The van der Waals surface area contributed by atoms with Crippen molar-refractivity contribution in [1.82, 2.24) is 4.72 Å². The zero-order valence-corrected chi connectivity index (χ0v) is 12.7. The second-order valence-electron chi connectivity index (χ2n) is 5.33. The topological polar surface area (TPSA) is 50.6 Å². The fraction of sp³-hybridized carbons (Fsp3) is 0.500. The van der Waals surface area contributed by atoms with Crippen LogP contribution in [0.4, 0.5) is 0 Å². The van der Waals surface area contributed by atoms with Gasteiger partial charge in [-0.3, -0.25) is 0 Å². The molecule has 1 rings (SSSR count). The lowest BCUT2D eigenvalue weighted by Gasteiger charge is -2.26. The second kappa shape index (κ2) is 5.57. The van der Waals surface area contributed by atoms with E-state index in [2.05, 4.69) is 4.72 Å². The van der Waals surface area contributed by atoms with Gasteiger partial charge >= 0.3 is 0 Å². The number of benzene rings is 1. The van der Waals surface area contributed by atoms with Crippen LogP contribution >= 0.6 is 11.6 Å². The maximum Gasteiger partial charge on any atom is 0.241 e. The first kappa shape index (κ1) is 15.4. The molecule has 0 amide bonds. The molecule has 0 saturated carbocycles. The van der Waals surface area contributed by atoms with E-state index in [0.717, 1.165) is 0 Å². The van der Waals surface area contributed by atoms with Crippen molar-refractivity contribution in [3.8, 4) is 0 Å². The van der Waals surface area contributed by atoms with Crippen molar-refractivity contribution in [3.63, 3.8) is 0 Å². The van der Waals surface area contributed by atoms with E-state index >= 15 is 0 Å². The van der Waals surface area contributed by atoms with Crippen LogP contribution in [-0.2, 0) is 10.0 Å². The third-order valence-corrected chi connectivity index (χ3v) is 4.30. The summed E-state index contributed by atoms with van der Waals surface area (Å²) >= 11 is 5.75. The van der Waals surface area contributed by atoms with Gasteiger partial charge in [-0.25, -0.2) is 8.42 Å². The lowest BCUT2D eigenvalue weighted by Crippen LogP contribution is -3.08. The van der Waals surface area contributed by atoms with Crippen molar-refractivity contribution in [1.29, 1.82) is 0 Å². The zero-order valence-electron chi connectivity index (χ0n) is 11.1. The zero-order chi connectivity index (χ0) is 14.0. The summed E-state index contributed by atoms with van der Waals surface area (Å²) in [5, 5.41) is 0.519. The van der Waals surface area contributed by atoms with Gasteiger partial charge in [0.2, 0.25) is 10.0 Å². The normalized spacial score (nSPS) is 13.0. The van der Waals surface area contributed by atoms with E-state index in [4.69, 9.17) is 11.6 Å². The Hall–Kier alpha value is -0.620. The average Bonchev–Trinajstić information content (AvgIpc) is 2.13. The van der Waals surface area contributed by atoms with Gasteiger partial charge in [-0.2, -0.15) is 4.72 Å². The van der Waals surface area contributed by atoms with Crippen LogP contribution in [0.3, 0.4) is 0 Å². The van der Waals surface area contributed by atoms with Gasteiger partial charge in [0.05, 0.1) is 31.1 Å². The highest BCUT2D eigenvalue weighted by Gasteiger charge is 2.28. The summed E-state index contributed by atoms with van der Waals surface area (Å²) in [5.74, 6) is 0. The standard InChI is InChI=1S/C12H19ClN2O2S/c1-12(2,9-15(3)4)14-18(16,17)11-7-5-10(13)6-8-11/h5-8,14H,9H2,1-4H3/p+1. The SMILES string of the molecule is C[NH+](C)CC(C)(C)NS(=O)(=O)c1ccc(Cl)cc1. The molecule has 0 aromatic heterocycles. The fourth-order valence-electron chi connectivity index (χ4n) is 1.96. The molecule has 0 bridgehead atoms. The molecule has 6 heteroatoms. The molecule has 0 saturated heterocycles. The molecule has 0 radical (unpaired) electrons. The Morgan fingerprint density at radius 2 is 1.72 bits per heavy atom. The Kier molecular flexibility index (Phi) is 4.78. The van der Waals surface area contributed by atoms with Crippen LogP contribution in [0.2, 0.25) is 5.02 Å². The summed E-state index contributed by atoms with van der Waals surface area (Å²) < 4.78 is 27.1. The monoisotopic (exact) mass is 291 g/mol. The number of halogens is 1. The lowest BCUT2D eigenvalue weighted by atomic mass is 10.1. The molecule has 2 N–H and O–H groups in total. The van der Waals surface area contributed by atoms with Crippen molar-refractivity contribution in [2.75, 3.05) is 20.6 Å². The largest absolute Gasteiger partial charge is 0.338 e. The summed E-state index contributed by atoms with van der Waals surface area (Å²) in [6.07, 6.45) is 0. The highest BCUT2D eigenvalue weighted by Crippen LogP contribution is 2.15. The number of quaternary nitrogens is 1. The van der Waals surface area contributed by atoms with Gasteiger partial charge in [0.15, 0.2) is 0 Å². The number of nitrogens with one attached hydrogen (secondary N) is 2. The third-order valence-electron chi connectivity index (χ3n) is 2.33. The van der Waals surface area contributed by atoms with Crippen molar-refractivity contribution in [3.05, 3.63) is 29.3 Å². The highest BCUT2D eigenvalue weighted by atomic mass is 35.5. The number of hydrogen-bond donors (Lipinski definition) is 2. The number of hydrogen-bond acceptors (Lipinski definition) is 2. The van der Waals surface area contributed by atoms with Crippen molar-refractivity contribution < 1.29 is 13.3 Å². The minimum atomic E-state index is -3.50. The molecule has 4 nitrogen and oxygen atoms in total. The molecule has 0 heterocycles. The quantitative estimate of drug-likeness (QED) is 0.832. The van der Waals surface area contributed by atoms with Crippen LogP contribution in [0.5, 0.6) is 0 Å². The Labute approximate surface area is 114 Å². The van der Waals surface area contributed by atoms with Gasteiger partial charge in [0.1, 0.15) is 0 Å². The Morgan fingerprint density at radius 3 is 2.17 bits per heavy atom. The predicted octanol–water partition coefficient (Wildman–Crippen LogP) is 0.541. The number of sulfonamides is 1. The minimum absolute atomic E-state index is 0.230. The van der Waals surface area contributed by atoms with E-state index in [9.17, 15) is 8.42 Å². The smallest absolute Gasteiger partial charge is 0.241 e. The second-order valence-corrected chi connectivity index (χ2v) is 7.45. The molecule has 0 fully saturated rings. The van der Waals surface area contributed by atoms with Gasteiger partial charge in [0, 0.05) is 5.02 Å². The van der Waals surface area contributed by atoms with Gasteiger partial charge in [-0.15, -0.1) is 0 Å². The van der Waals surface area contributed by atoms with Gasteiger partial charge < -0.3 is 4.90 Å². The van der Waals surface area contributed by atoms with Crippen molar-refractivity contribution >= 4 is 21.6 Å². The molecule has 102 valence electrons. The molecule has 0 unspecified atom stereocenters. The van der Waals surface area contributed by atoms with Gasteiger partial charge in [0.25, 0.3) is 0 Å². The maximum atomic E-state index is 12.2. The van der Waals surface area contributed by atoms with Crippen molar-refractivity contribution in [2.24, 2.45) is 0 Å². The summed E-state index contributed by atoms with van der Waals surface area (Å²) in [4.78, 5) is 1.41. The van der Waals surface area contributed by atoms with Crippen molar-refractivity contribution in [2.45, 2.75) is 24.3 Å². The summed E-state index contributed by atoms with van der Waals surface area (Å²) in [5.41, 5.74) is -0.503. The number of likely N-dealkylation sites (N-methyl/N-ethyl adjacent to an activating group) is 1. The predicted molar refractivity (Wildman–Crippen MR) is 73.5 cm³/mol. The Morgan fingerprint density at radius 1 is 1.22 bits per heavy atom. The molecular formula is C12H20ClN2O2S+. The Balaban J connectivity index is 2.91. The van der Waals surface area contributed by atoms with E-state index in [1.807, 2.05) is 27.9 Å². The molecule has 18 heavy (non-hydrogen) atoms. The first-order chi connectivity index (χ1) is 8.12. The molecule has 0 atom stereocenters. The fourth-order valence-corrected chi connectivity index (χ4v) is 3.49. The summed E-state index contributed by atoms with van der Waals surface area (Å²) in [6, 6.07) is 6.15. The van der Waals surface area contributed by atoms with Crippen LogP contribution in [0.1, 0.15) is 13.8 Å². The van der Waals surface area contributed by atoms with Crippen LogP contribution in [-0.4, -0.2) is 34.6 Å². The molecule has 1 aromatic rings. The number of rotatable bonds is 5. The molecule has 0 aliphatic rings. The van der Waals surface area contributed by atoms with Gasteiger partial charge in [-0.1, -0.05) is 11.6 Å². The third kappa shape index (κ3) is 4.57. The van der Waals surface area contributed by atoms with E-state index < -0.39 is 15.6 Å². The average molecular weight is 292 g/mol. The summed E-state index contributed by atoms with van der Waals surface area (Å²) in [6.45, 7) is 4.43. The molecule has 1 aromatic carbocycles. The maximum absolute atomic E-state index is 12.2. The molecule has 0 spiro atoms. The van der Waals surface area contributed by atoms with E-state index in [-0.39, 0.29) is 4.90 Å². The molecule has 0 aliphatic heterocycles. The first-order valence-corrected chi connectivity index (χ1v) is 7.57. The van der Waals surface area contributed by atoms with E-state index in [0.29, 0.717) is 11.6 Å². The van der Waals surface area contributed by atoms with E-state index in [1.54, 1.807) is 12.1 Å². The van der Waals surface area contributed by atoms with E-state index in [1.165, 1.54) is 17.0 Å². The lowest BCUT2D eigenvalue weighted by molar-refractivity contribution is -0.862. The first-order valence-electron chi connectivity index (χ1n) is 5.71. The molecular weight excluding hydrogens is 272 g/mol. The summed E-state index contributed by atoms with van der Waals surface area (Å²) in [7, 11) is 0.467. The minimum Gasteiger partial charge on any atom is -0.338 e. The van der Waals surface area contributed by atoms with Crippen LogP contribution < -0.4 is 9.62 Å². The van der Waals surface area contributed by atoms with Crippen LogP contribution in [0.15, 0.2) is 29.2 Å². The Bertz CT molecular complexity index is 495. The van der Waals surface area contributed by atoms with Crippen LogP contribution in [0, 0.1) is 0 Å².